The highest BCUT2D eigenvalue weighted by Crippen LogP contribution is 2.38. The van der Waals surface area contributed by atoms with Crippen LogP contribution >= 0.6 is 11.6 Å². The number of benzene rings is 1. The summed E-state index contributed by atoms with van der Waals surface area (Å²) in [7, 11) is 3.11. The number of nitrogens with one attached hydrogen (secondary N) is 2. The van der Waals surface area contributed by atoms with E-state index in [0.29, 0.717) is 41.7 Å². The molecule has 0 saturated carbocycles. The van der Waals surface area contributed by atoms with Crippen molar-refractivity contribution in [2.45, 2.75) is 31.3 Å². The summed E-state index contributed by atoms with van der Waals surface area (Å²) in [4.78, 5) is 41.7. The zero-order valence-corrected chi connectivity index (χ0v) is 21.7. The number of fused-ring (bicyclic) bond motifs is 1. The Morgan fingerprint density at radius 1 is 1.24 bits per heavy atom. The lowest BCUT2D eigenvalue weighted by Crippen LogP contribution is -2.50. The van der Waals surface area contributed by atoms with E-state index >= 15 is 0 Å². The first-order valence-electron chi connectivity index (χ1n) is 11.9. The van der Waals surface area contributed by atoms with Crippen LogP contribution in [-0.4, -0.2) is 71.8 Å². The smallest absolute Gasteiger partial charge is 0.405 e. The topological polar surface area (TPSA) is 161 Å². The molecule has 0 spiro atoms. The second-order valence-electron chi connectivity index (χ2n) is 8.91. The molecule has 38 heavy (non-hydrogen) atoms. The Hall–Kier alpha value is -4.19. The van der Waals surface area contributed by atoms with Crippen molar-refractivity contribution in [2.24, 2.45) is 5.73 Å². The van der Waals surface area contributed by atoms with Gasteiger partial charge in [0.1, 0.15) is 23.2 Å². The van der Waals surface area contributed by atoms with Gasteiger partial charge >= 0.3 is 6.09 Å². The zero-order valence-electron chi connectivity index (χ0n) is 20.9. The number of aromatic nitrogens is 2. The largest absolute Gasteiger partial charge is 0.496 e. The fourth-order valence-electron chi connectivity index (χ4n) is 4.48. The van der Waals surface area contributed by atoms with E-state index < -0.39 is 23.9 Å². The molecule has 1 saturated heterocycles. The van der Waals surface area contributed by atoms with E-state index in [-0.39, 0.29) is 18.9 Å². The summed E-state index contributed by atoms with van der Waals surface area (Å²) in [5, 5.41) is 14.5. The number of pyridine rings is 1. The second-order valence-corrected chi connectivity index (χ2v) is 9.32. The van der Waals surface area contributed by atoms with Gasteiger partial charge in [0.15, 0.2) is 0 Å². The Labute approximate surface area is 223 Å². The first kappa shape index (κ1) is 26.9. The predicted octanol–water partition coefficient (Wildman–Crippen LogP) is 2.27. The van der Waals surface area contributed by atoms with Crippen molar-refractivity contribution in [3.8, 4) is 22.8 Å². The number of carbonyl (C=O) groups excluding carboxylic acids is 2. The van der Waals surface area contributed by atoms with Crippen LogP contribution in [0.4, 0.5) is 10.5 Å². The maximum absolute atomic E-state index is 12.7. The molecule has 0 aliphatic carbocycles. The van der Waals surface area contributed by atoms with Gasteiger partial charge in [0.05, 0.1) is 24.9 Å². The maximum Gasteiger partial charge on any atom is 0.405 e. The number of ether oxygens (including phenoxy) is 2. The van der Waals surface area contributed by atoms with E-state index in [0.717, 1.165) is 16.9 Å². The number of hydrogen-bond acceptors (Lipinski definition) is 7. The number of anilines is 1. The summed E-state index contributed by atoms with van der Waals surface area (Å²) in [5.41, 5.74) is 8.21. The molecule has 13 heteroatoms. The number of hydrogen-bond donors (Lipinski definition) is 4. The summed E-state index contributed by atoms with van der Waals surface area (Å²) in [6.45, 7) is 1.22. The molecule has 0 bridgehead atoms. The van der Waals surface area contributed by atoms with Gasteiger partial charge in [-0.1, -0.05) is 11.6 Å². The number of primary amides is 1. The van der Waals surface area contributed by atoms with Gasteiger partial charge in [-0.2, -0.15) is 0 Å². The third kappa shape index (κ3) is 6.02. The highest BCUT2D eigenvalue weighted by molar-refractivity contribution is 6.32. The van der Waals surface area contributed by atoms with Gasteiger partial charge in [0.2, 0.25) is 11.8 Å². The summed E-state index contributed by atoms with van der Waals surface area (Å²) in [6, 6.07) is 6.14. The molecule has 1 aliphatic rings. The van der Waals surface area contributed by atoms with E-state index in [1.165, 1.54) is 7.11 Å². The Morgan fingerprint density at radius 2 is 2.00 bits per heavy atom. The average molecular weight is 545 g/mol. The monoisotopic (exact) mass is 544 g/mol. The fourth-order valence-corrected chi connectivity index (χ4v) is 4.72. The van der Waals surface area contributed by atoms with E-state index in [2.05, 4.69) is 15.5 Å². The van der Waals surface area contributed by atoms with Crippen molar-refractivity contribution in [3.05, 3.63) is 41.7 Å². The standard InChI is InChI=1S/C25H29ClN6O6/c1-37-20-11-21(38-2)17(26)10-16(20)19-13-32-8-6-15(9-23(32)29-19)31-7-5-14(12-31)28-24(34)18(30-25(35)36)3-4-22(27)33/h6,8-11,13-14,18,30H,3-5,7,12H2,1-2H3,(H2,27,33)(H,28,34)(H,35,36). The highest BCUT2D eigenvalue weighted by atomic mass is 35.5. The van der Waals surface area contributed by atoms with Crippen molar-refractivity contribution in [1.82, 2.24) is 20.0 Å². The van der Waals surface area contributed by atoms with Gasteiger partial charge in [0, 0.05) is 61.3 Å². The number of carboxylic acid groups (broad SMARTS) is 1. The summed E-state index contributed by atoms with van der Waals surface area (Å²) in [5.74, 6) is 0.000470. The van der Waals surface area contributed by atoms with Gasteiger partial charge in [-0.25, -0.2) is 9.78 Å². The number of amides is 3. The van der Waals surface area contributed by atoms with Crippen LogP contribution in [0.3, 0.4) is 0 Å². The second kappa shape index (κ2) is 11.5. The lowest BCUT2D eigenvalue weighted by Gasteiger charge is -2.21. The van der Waals surface area contributed by atoms with E-state index in [1.54, 1.807) is 19.2 Å². The van der Waals surface area contributed by atoms with Crippen LogP contribution in [0.5, 0.6) is 11.5 Å². The van der Waals surface area contributed by atoms with Gasteiger partial charge < -0.3 is 40.2 Å². The molecule has 2 aromatic heterocycles. The number of carbonyl (C=O) groups is 3. The Morgan fingerprint density at radius 3 is 2.68 bits per heavy atom. The van der Waals surface area contributed by atoms with Crippen molar-refractivity contribution in [3.63, 3.8) is 0 Å². The Bertz CT molecular complexity index is 1360. The molecule has 202 valence electrons. The van der Waals surface area contributed by atoms with Crippen LogP contribution in [0.2, 0.25) is 5.02 Å². The quantitative estimate of drug-likeness (QED) is 0.302. The van der Waals surface area contributed by atoms with E-state index in [4.69, 9.17) is 36.9 Å². The maximum atomic E-state index is 12.7. The molecule has 2 unspecified atom stereocenters. The van der Waals surface area contributed by atoms with E-state index in [1.807, 2.05) is 28.9 Å². The number of imidazole rings is 1. The Balaban J connectivity index is 1.47. The first-order chi connectivity index (χ1) is 18.2. The number of nitrogens with two attached hydrogens (primary N) is 1. The third-order valence-electron chi connectivity index (χ3n) is 6.39. The van der Waals surface area contributed by atoms with Crippen molar-refractivity contribution in [2.75, 3.05) is 32.2 Å². The minimum atomic E-state index is -1.34. The minimum absolute atomic E-state index is 0.00697. The molecule has 0 radical (unpaired) electrons. The lowest BCUT2D eigenvalue weighted by molar-refractivity contribution is -0.124. The molecule has 12 nitrogen and oxygen atoms in total. The molecule has 3 heterocycles. The predicted molar refractivity (Wildman–Crippen MR) is 141 cm³/mol. The number of methoxy groups -OCH3 is 2. The molecule has 2 atom stereocenters. The molecule has 4 rings (SSSR count). The number of halogens is 1. The van der Waals surface area contributed by atoms with Crippen LogP contribution in [0, 0.1) is 0 Å². The number of nitrogens with zero attached hydrogens (tertiary/aromatic N) is 3. The third-order valence-corrected chi connectivity index (χ3v) is 6.68. The van der Waals surface area contributed by atoms with Crippen LogP contribution in [-0.2, 0) is 9.59 Å². The zero-order chi connectivity index (χ0) is 27.4. The van der Waals surface area contributed by atoms with Crippen LogP contribution in [0.1, 0.15) is 19.3 Å². The molecule has 1 fully saturated rings. The fraction of sp³-hybridized carbons (Fsp3) is 0.360. The summed E-state index contributed by atoms with van der Waals surface area (Å²) in [6.07, 6.45) is 3.01. The normalized spacial score (nSPS) is 15.8. The summed E-state index contributed by atoms with van der Waals surface area (Å²) < 4.78 is 12.7. The first-order valence-corrected chi connectivity index (χ1v) is 12.3. The van der Waals surface area contributed by atoms with Crippen LogP contribution in [0.25, 0.3) is 16.9 Å². The average Bonchev–Trinajstić information content (AvgIpc) is 3.52. The van der Waals surface area contributed by atoms with Gasteiger partial charge in [-0.15, -0.1) is 0 Å². The molecular formula is C25H29ClN6O6. The lowest BCUT2D eigenvalue weighted by atomic mass is 10.1. The highest BCUT2D eigenvalue weighted by Gasteiger charge is 2.28. The summed E-state index contributed by atoms with van der Waals surface area (Å²) >= 11 is 6.34. The van der Waals surface area contributed by atoms with Gasteiger partial charge in [-0.05, 0) is 25.0 Å². The van der Waals surface area contributed by atoms with E-state index in [9.17, 15) is 14.4 Å². The van der Waals surface area contributed by atoms with Crippen molar-refractivity contribution in [1.29, 1.82) is 0 Å². The van der Waals surface area contributed by atoms with Crippen LogP contribution in [0.15, 0.2) is 36.7 Å². The molecular weight excluding hydrogens is 516 g/mol. The number of rotatable bonds is 10. The van der Waals surface area contributed by atoms with Gasteiger partial charge in [0.25, 0.3) is 0 Å². The van der Waals surface area contributed by atoms with Crippen molar-refractivity contribution < 1.29 is 29.0 Å². The molecule has 1 aliphatic heterocycles. The molecule has 3 aromatic rings. The van der Waals surface area contributed by atoms with Gasteiger partial charge in [-0.3, -0.25) is 9.59 Å². The minimum Gasteiger partial charge on any atom is -0.496 e. The molecule has 5 N–H and O–H groups in total. The van der Waals surface area contributed by atoms with Crippen molar-refractivity contribution >= 4 is 40.8 Å². The Kier molecular flexibility index (Phi) is 8.10. The molecule has 1 aromatic carbocycles. The molecule has 3 amide bonds. The van der Waals surface area contributed by atoms with Crippen LogP contribution < -0.4 is 30.7 Å². The SMILES string of the molecule is COc1cc(OC)c(-c2cn3ccc(N4CCC(NC(=O)C(CCC(N)=O)NC(=O)O)C4)cc3n2)cc1Cl.